The molecule has 4 heteroatoms. The molecule has 0 saturated heterocycles. The molecule has 0 radical (unpaired) electrons. The normalized spacial score (nSPS) is 11.2. The number of aryl methyl sites for hydroxylation is 2. The highest BCUT2D eigenvalue weighted by atomic mass is 15.4. The van der Waals surface area contributed by atoms with Crippen LogP contribution in [0.3, 0.4) is 0 Å². The molecule has 1 aromatic carbocycles. The highest BCUT2D eigenvalue weighted by molar-refractivity contribution is 5.42. The average Bonchev–Trinajstić information content (AvgIpc) is 2.78. The summed E-state index contributed by atoms with van der Waals surface area (Å²) < 4.78 is 1.85. The van der Waals surface area contributed by atoms with Gasteiger partial charge in [0.1, 0.15) is 0 Å². The minimum Gasteiger partial charge on any atom is -0.309 e. The molecule has 0 spiro atoms. The van der Waals surface area contributed by atoms with E-state index in [1.165, 1.54) is 11.1 Å². The fourth-order valence-electron chi connectivity index (χ4n) is 1.77. The van der Waals surface area contributed by atoms with E-state index < -0.39 is 0 Å². The third-order valence-corrected chi connectivity index (χ3v) is 2.84. The second kappa shape index (κ2) is 5.31. The van der Waals surface area contributed by atoms with Crippen LogP contribution in [0.4, 0.5) is 0 Å². The second-order valence-corrected chi connectivity index (χ2v) is 4.98. The van der Waals surface area contributed by atoms with Crippen molar-refractivity contribution in [2.75, 3.05) is 0 Å². The fraction of sp³-hybridized carbons (Fsp3) is 0.429. The van der Waals surface area contributed by atoms with Crippen LogP contribution in [0.2, 0.25) is 0 Å². The van der Waals surface area contributed by atoms with Crippen molar-refractivity contribution >= 4 is 0 Å². The fourth-order valence-corrected chi connectivity index (χ4v) is 1.77. The van der Waals surface area contributed by atoms with Crippen LogP contribution in [0.1, 0.15) is 30.7 Å². The monoisotopic (exact) mass is 244 g/mol. The van der Waals surface area contributed by atoms with E-state index in [2.05, 4.69) is 61.5 Å². The van der Waals surface area contributed by atoms with Crippen LogP contribution in [-0.4, -0.2) is 21.0 Å². The molecule has 0 unspecified atom stereocenters. The maximum absolute atomic E-state index is 4.19. The Bertz CT molecular complexity index is 528. The summed E-state index contributed by atoms with van der Waals surface area (Å²) in [5, 5.41) is 11.7. The van der Waals surface area contributed by atoms with Crippen LogP contribution in [0.15, 0.2) is 24.4 Å². The summed E-state index contributed by atoms with van der Waals surface area (Å²) in [4.78, 5) is 0. The molecule has 0 aliphatic carbocycles. The molecule has 0 saturated carbocycles. The van der Waals surface area contributed by atoms with Crippen molar-refractivity contribution < 1.29 is 0 Å². The zero-order chi connectivity index (χ0) is 13.1. The lowest BCUT2D eigenvalue weighted by Crippen LogP contribution is -2.21. The number of hydrogen-bond acceptors (Lipinski definition) is 3. The first-order valence-electron chi connectivity index (χ1n) is 6.28. The van der Waals surface area contributed by atoms with Gasteiger partial charge >= 0.3 is 0 Å². The minimum absolute atomic E-state index is 0.454. The van der Waals surface area contributed by atoms with E-state index in [0.29, 0.717) is 6.04 Å². The first kappa shape index (κ1) is 12.8. The third kappa shape index (κ3) is 2.96. The van der Waals surface area contributed by atoms with Gasteiger partial charge in [-0.15, -0.1) is 5.10 Å². The molecule has 4 nitrogen and oxygen atoms in total. The van der Waals surface area contributed by atoms with Gasteiger partial charge in [0, 0.05) is 12.6 Å². The van der Waals surface area contributed by atoms with Crippen molar-refractivity contribution in [1.82, 2.24) is 20.3 Å². The van der Waals surface area contributed by atoms with E-state index in [4.69, 9.17) is 0 Å². The molecule has 2 aromatic rings. The van der Waals surface area contributed by atoms with Crippen molar-refractivity contribution in [3.63, 3.8) is 0 Å². The summed E-state index contributed by atoms with van der Waals surface area (Å²) in [6, 6.07) is 6.80. The van der Waals surface area contributed by atoms with Gasteiger partial charge in [-0.1, -0.05) is 31.2 Å². The Balaban J connectivity index is 2.21. The first-order valence-corrected chi connectivity index (χ1v) is 6.28. The molecular formula is C14H20N4. The Morgan fingerprint density at radius 2 is 2.06 bits per heavy atom. The van der Waals surface area contributed by atoms with Gasteiger partial charge in [-0.25, -0.2) is 4.68 Å². The van der Waals surface area contributed by atoms with E-state index in [1.807, 2.05) is 10.9 Å². The van der Waals surface area contributed by atoms with Crippen molar-refractivity contribution in [2.24, 2.45) is 0 Å². The molecule has 18 heavy (non-hydrogen) atoms. The van der Waals surface area contributed by atoms with Crippen molar-refractivity contribution in [2.45, 2.75) is 40.3 Å². The maximum Gasteiger partial charge on any atom is 0.0969 e. The van der Waals surface area contributed by atoms with Crippen LogP contribution in [0.25, 0.3) is 5.69 Å². The molecule has 1 N–H and O–H groups in total. The number of nitrogens with one attached hydrogen (secondary N) is 1. The molecule has 1 aromatic heterocycles. The van der Waals surface area contributed by atoms with Gasteiger partial charge in [-0.2, -0.15) is 0 Å². The van der Waals surface area contributed by atoms with Gasteiger partial charge in [0.05, 0.1) is 17.6 Å². The van der Waals surface area contributed by atoms with Gasteiger partial charge in [0.2, 0.25) is 0 Å². The van der Waals surface area contributed by atoms with Crippen molar-refractivity contribution in [1.29, 1.82) is 0 Å². The van der Waals surface area contributed by atoms with Crippen LogP contribution in [0, 0.1) is 13.8 Å². The lowest BCUT2D eigenvalue weighted by Gasteiger charge is -2.06. The van der Waals surface area contributed by atoms with E-state index in [0.717, 1.165) is 17.9 Å². The molecule has 0 aliphatic rings. The summed E-state index contributed by atoms with van der Waals surface area (Å²) in [7, 11) is 0. The highest BCUT2D eigenvalue weighted by Crippen LogP contribution is 2.14. The Kier molecular flexibility index (Phi) is 3.77. The van der Waals surface area contributed by atoms with Crippen LogP contribution >= 0.6 is 0 Å². The third-order valence-electron chi connectivity index (χ3n) is 2.84. The van der Waals surface area contributed by atoms with E-state index in [9.17, 15) is 0 Å². The van der Waals surface area contributed by atoms with Gasteiger partial charge in [0.25, 0.3) is 0 Å². The quantitative estimate of drug-likeness (QED) is 0.898. The topological polar surface area (TPSA) is 42.7 Å². The number of hydrogen-bond donors (Lipinski definition) is 1. The number of rotatable bonds is 4. The summed E-state index contributed by atoms with van der Waals surface area (Å²) in [6.07, 6.45) is 1.98. The largest absolute Gasteiger partial charge is 0.309 e. The molecule has 0 aliphatic heterocycles. The predicted molar refractivity (Wildman–Crippen MR) is 72.8 cm³/mol. The van der Waals surface area contributed by atoms with Gasteiger partial charge < -0.3 is 5.32 Å². The zero-order valence-corrected chi connectivity index (χ0v) is 11.4. The van der Waals surface area contributed by atoms with Gasteiger partial charge in [0.15, 0.2) is 0 Å². The Hall–Kier alpha value is -1.68. The number of aromatic nitrogens is 3. The smallest absolute Gasteiger partial charge is 0.0969 e. The van der Waals surface area contributed by atoms with E-state index in [-0.39, 0.29) is 0 Å². The summed E-state index contributed by atoms with van der Waals surface area (Å²) in [5.74, 6) is 0. The molecule has 2 rings (SSSR count). The summed E-state index contributed by atoms with van der Waals surface area (Å²) in [5.41, 5.74) is 4.49. The lowest BCUT2D eigenvalue weighted by atomic mass is 10.1. The lowest BCUT2D eigenvalue weighted by molar-refractivity contribution is 0.580. The Morgan fingerprint density at radius 1 is 1.28 bits per heavy atom. The van der Waals surface area contributed by atoms with Crippen molar-refractivity contribution in [3.8, 4) is 5.69 Å². The minimum atomic E-state index is 0.454. The van der Waals surface area contributed by atoms with Crippen LogP contribution < -0.4 is 5.32 Å². The van der Waals surface area contributed by atoms with Crippen LogP contribution in [-0.2, 0) is 6.54 Å². The second-order valence-electron chi connectivity index (χ2n) is 4.98. The Morgan fingerprint density at radius 3 is 2.78 bits per heavy atom. The number of benzene rings is 1. The molecule has 0 amide bonds. The standard InChI is InChI=1S/C14H20N4/c1-10(2)15-8-13-9-18(17-16-13)14-7-11(3)5-6-12(14)4/h5-7,9-10,15H,8H2,1-4H3. The Labute approximate surface area is 108 Å². The average molecular weight is 244 g/mol. The molecule has 0 atom stereocenters. The summed E-state index contributed by atoms with van der Waals surface area (Å²) in [6.45, 7) is 9.16. The van der Waals surface area contributed by atoms with Crippen LogP contribution in [0.5, 0.6) is 0 Å². The summed E-state index contributed by atoms with van der Waals surface area (Å²) >= 11 is 0. The zero-order valence-electron chi connectivity index (χ0n) is 11.4. The maximum atomic E-state index is 4.19. The predicted octanol–water partition coefficient (Wildman–Crippen LogP) is 2.38. The molecule has 0 fully saturated rings. The molecule has 0 bridgehead atoms. The molecule has 1 heterocycles. The highest BCUT2D eigenvalue weighted by Gasteiger charge is 2.06. The van der Waals surface area contributed by atoms with Gasteiger partial charge in [-0.05, 0) is 31.0 Å². The van der Waals surface area contributed by atoms with Crippen molar-refractivity contribution in [3.05, 3.63) is 41.2 Å². The number of nitrogens with zero attached hydrogens (tertiary/aromatic N) is 3. The first-order chi connectivity index (χ1) is 8.56. The SMILES string of the molecule is Cc1ccc(C)c(-n2cc(CNC(C)C)nn2)c1. The molecule has 96 valence electrons. The van der Waals surface area contributed by atoms with E-state index >= 15 is 0 Å². The van der Waals surface area contributed by atoms with Gasteiger partial charge in [-0.3, -0.25) is 0 Å². The van der Waals surface area contributed by atoms with E-state index in [1.54, 1.807) is 0 Å². The molecular weight excluding hydrogens is 224 g/mol.